The van der Waals surface area contributed by atoms with Crippen LogP contribution < -0.4 is 14.8 Å². The minimum Gasteiger partial charge on any atom is -0.493 e. The predicted octanol–water partition coefficient (Wildman–Crippen LogP) is 5.02. The zero-order chi connectivity index (χ0) is 21.7. The highest BCUT2D eigenvalue weighted by Crippen LogP contribution is 2.33. The van der Waals surface area contributed by atoms with E-state index in [1.165, 1.54) is 11.8 Å². The molecule has 7 nitrogen and oxygen atoms in total. The molecule has 1 aromatic heterocycles. The molecule has 0 bridgehead atoms. The lowest BCUT2D eigenvalue weighted by Gasteiger charge is -2.11. The van der Waals surface area contributed by atoms with Crippen LogP contribution in [0, 0.1) is 0 Å². The van der Waals surface area contributed by atoms with Gasteiger partial charge >= 0.3 is 0 Å². The summed E-state index contributed by atoms with van der Waals surface area (Å²) >= 11 is 13.5. The van der Waals surface area contributed by atoms with Gasteiger partial charge in [0.15, 0.2) is 22.5 Å². The number of halogens is 2. The van der Waals surface area contributed by atoms with Crippen LogP contribution in [0.1, 0.15) is 6.92 Å². The third kappa shape index (κ3) is 4.83. The summed E-state index contributed by atoms with van der Waals surface area (Å²) in [6, 6.07) is 10.6. The molecule has 30 heavy (non-hydrogen) atoms. The van der Waals surface area contributed by atoms with Crippen LogP contribution in [0.5, 0.6) is 11.5 Å². The second kappa shape index (κ2) is 10.1. The van der Waals surface area contributed by atoms with Crippen LogP contribution in [0.4, 0.5) is 5.69 Å². The highest BCUT2D eigenvalue weighted by Gasteiger charge is 2.17. The molecule has 0 saturated heterocycles. The van der Waals surface area contributed by atoms with Crippen molar-refractivity contribution in [3.8, 4) is 22.9 Å². The molecule has 2 aromatic carbocycles. The van der Waals surface area contributed by atoms with Crippen molar-refractivity contribution in [2.75, 3.05) is 25.3 Å². The molecule has 3 rings (SSSR count). The summed E-state index contributed by atoms with van der Waals surface area (Å²) in [5.74, 6) is 1.80. The van der Waals surface area contributed by atoms with Crippen molar-refractivity contribution >= 4 is 46.6 Å². The zero-order valence-electron chi connectivity index (χ0n) is 16.6. The van der Waals surface area contributed by atoms with Crippen molar-refractivity contribution in [3.05, 3.63) is 46.4 Å². The molecule has 0 unspecified atom stereocenters. The van der Waals surface area contributed by atoms with Crippen LogP contribution in [0.3, 0.4) is 0 Å². The van der Waals surface area contributed by atoms with E-state index in [1.807, 2.05) is 29.7 Å². The third-order valence-corrected chi connectivity index (χ3v) is 5.83. The standard InChI is InChI=1S/C20H20Cl2N4O3S/c1-4-26-19(12-8-9-15(28-2)16(10-12)29-3)24-25-20(26)30-11-17(27)23-18-13(21)6-5-7-14(18)22/h5-10H,4,11H2,1-3H3,(H,23,27). The molecule has 158 valence electrons. The number of benzene rings is 2. The van der Waals surface area contributed by atoms with Gasteiger partial charge in [0.25, 0.3) is 0 Å². The molecule has 1 N–H and O–H groups in total. The minimum absolute atomic E-state index is 0.131. The Labute approximate surface area is 188 Å². The van der Waals surface area contributed by atoms with E-state index in [4.69, 9.17) is 32.7 Å². The van der Waals surface area contributed by atoms with Gasteiger partial charge in [-0.2, -0.15) is 0 Å². The fourth-order valence-corrected chi connectivity index (χ4v) is 4.09. The molecule has 0 aliphatic rings. The number of nitrogens with one attached hydrogen (secondary N) is 1. The molecule has 1 amide bonds. The molecule has 0 atom stereocenters. The largest absolute Gasteiger partial charge is 0.493 e. The number of carbonyl (C=O) groups is 1. The summed E-state index contributed by atoms with van der Waals surface area (Å²) in [6.45, 7) is 2.62. The van der Waals surface area contributed by atoms with Gasteiger partial charge in [-0.25, -0.2) is 0 Å². The molecule has 0 aliphatic carbocycles. The number of hydrogen-bond acceptors (Lipinski definition) is 6. The molecule has 0 spiro atoms. The zero-order valence-corrected chi connectivity index (χ0v) is 18.9. The van der Waals surface area contributed by atoms with E-state index in [1.54, 1.807) is 32.4 Å². The van der Waals surface area contributed by atoms with E-state index in [0.29, 0.717) is 44.8 Å². The molecular formula is C20H20Cl2N4O3S. The Morgan fingerprint density at radius 1 is 1.10 bits per heavy atom. The first-order valence-corrected chi connectivity index (χ1v) is 10.7. The van der Waals surface area contributed by atoms with Crippen molar-refractivity contribution < 1.29 is 14.3 Å². The Bertz CT molecular complexity index is 1040. The number of para-hydroxylation sites is 1. The summed E-state index contributed by atoms with van der Waals surface area (Å²) < 4.78 is 12.6. The number of anilines is 1. The number of amides is 1. The van der Waals surface area contributed by atoms with Gasteiger partial charge in [0, 0.05) is 12.1 Å². The number of ether oxygens (including phenoxy) is 2. The van der Waals surface area contributed by atoms with Crippen LogP contribution >= 0.6 is 35.0 Å². The SMILES string of the molecule is CCn1c(SCC(=O)Nc2c(Cl)cccc2Cl)nnc1-c1ccc(OC)c(OC)c1. The quantitative estimate of drug-likeness (QED) is 0.469. The van der Waals surface area contributed by atoms with Gasteiger partial charge < -0.3 is 19.4 Å². The maximum absolute atomic E-state index is 12.4. The molecule has 0 saturated carbocycles. The van der Waals surface area contributed by atoms with Crippen LogP contribution in [-0.2, 0) is 11.3 Å². The maximum Gasteiger partial charge on any atom is 0.234 e. The molecule has 0 aliphatic heterocycles. The Kier molecular flexibility index (Phi) is 7.47. The summed E-state index contributed by atoms with van der Waals surface area (Å²) in [5.41, 5.74) is 1.23. The van der Waals surface area contributed by atoms with Crippen LogP contribution in [0.15, 0.2) is 41.6 Å². The van der Waals surface area contributed by atoms with Crippen LogP contribution in [-0.4, -0.2) is 40.6 Å². The van der Waals surface area contributed by atoms with E-state index < -0.39 is 0 Å². The van der Waals surface area contributed by atoms with Gasteiger partial charge in [-0.15, -0.1) is 10.2 Å². The van der Waals surface area contributed by atoms with Gasteiger partial charge in [-0.05, 0) is 37.3 Å². The second-order valence-corrected chi connectivity index (χ2v) is 7.81. The van der Waals surface area contributed by atoms with Crippen molar-refractivity contribution in [2.45, 2.75) is 18.6 Å². The Balaban J connectivity index is 1.75. The second-order valence-electron chi connectivity index (χ2n) is 6.05. The molecule has 0 radical (unpaired) electrons. The summed E-state index contributed by atoms with van der Waals surface area (Å²) in [6.07, 6.45) is 0. The Morgan fingerprint density at radius 2 is 1.80 bits per heavy atom. The van der Waals surface area contributed by atoms with E-state index in [9.17, 15) is 4.79 Å². The van der Waals surface area contributed by atoms with E-state index >= 15 is 0 Å². The van der Waals surface area contributed by atoms with E-state index in [2.05, 4.69) is 15.5 Å². The van der Waals surface area contributed by atoms with Crippen molar-refractivity contribution in [3.63, 3.8) is 0 Å². The summed E-state index contributed by atoms with van der Waals surface area (Å²) in [7, 11) is 3.17. The van der Waals surface area contributed by atoms with Gasteiger partial charge in [-0.1, -0.05) is 41.0 Å². The van der Waals surface area contributed by atoms with Crippen molar-refractivity contribution in [1.29, 1.82) is 0 Å². The molecule has 1 heterocycles. The number of nitrogens with zero attached hydrogens (tertiary/aromatic N) is 3. The fourth-order valence-electron chi connectivity index (χ4n) is 2.79. The first kappa shape index (κ1) is 22.3. The van der Waals surface area contributed by atoms with Gasteiger partial charge in [0.05, 0.1) is 35.7 Å². The lowest BCUT2D eigenvalue weighted by Crippen LogP contribution is -2.15. The number of methoxy groups -OCH3 is 2. The number of aromatic nitrogens is 3. The molecule has 3 aromatic rings. The Morgan fingerprint density at radius 3 is 2.43 bits per heavy atom. The van der Waals surface area contributed by atoms with Gasteiger partial charge in [0.2, 0.25) is 5.91 Å². The topological polar surface area (TPSA) is 78.3 Å². The highest BCUT2D eigenvalue weighted by molar-refractivity contribution is 7.99. The normalized spacial score (nSPS) is 10.7. The Hall–Kier alpha value is -2.42. The fraction of sp³-hybridized carbons (Fsp3) is 0.250. The first-order valence-electron chi connectivity index (χ1n) is 9.00. The maximum atomic E-state index is 12.4. The van der Waals surface area contributed by atoms with Crippen molar-refractivity contribution in [2.24, 2.45) is 0 Å². The first-order chi connectivity index (χ1) is 14.5. The average Bonchev–Trinajstić information content (AvgIpc) is 3.17. The number of carbonyl (C=O) groups excluding carboxylic acids is 1. The lowest BCUT2D eigenvalue weighted by atomic mass is 10.2. The summed E-state index contributed by atoms with van der Waals surface area (Å²) in [4.78, 5) is 12.4. The number of hydrogen-bond donors (Lipinski definition) is 1. The number of rotatable bonds is 8. The minimum atomic E-state index is -0.242. The molecule has 0 fully saturated rings. The number of thioether (sulfide) groups is 1. The molecule has 10 heteroatoms. The third-order valence-electron chi connectivity index (χ3n) is 4.23. The lowest BCUT2D eigenvalue weighted by molar-refractivity contribution is -0.113. The van der Waals surface area contributed by atoms with E-state index in [0.717, 1.165) is 5.56 Å². The van der Waals surface area contributed by atoms with Crippen LogP contribution in [0.2, 0.25) is 10.0 Å². The molecular weight excluding hydrogens is 447 g/mol. The highest BCUT2D eigenvalue weighted by atomic mass is 35.5. The van der Waals surface area contributed by atoms with Gasteiger partial charge in [-0.3, -0.25) is 4.79 Å². The predicted molar refractivity (Wildman–Crippen MR) is 120 cm³/mol. The monoisotopic (exact) mass is 466 g/mol. The van der Waals surface area contributed by atoms with E-state index in [-0.39, 0.29) is 11.7 Å². The van der Waals surface area contributed by atoms with Crippen molar-refractivity contribution in [1.82, 2.24) is 14.8 Å². The summed E-state index contributed by atoms with van der Waals surface area (Å²) in [5, 5.41) is 12.7. The van der Waals surface area contributed by atoms with Crippen LogP contribution in [0.25, 0.3) is 11.4 Å². The average molecular weight is 467 g/mol. The van der Waals surface area contributed by atoms with Gasteiger partial charge in [0.1, 0.15) is 0 Å². The smallest absolute Gasteiger partial charge is 0.234 e.